The summed E-state index contributed by atoms with van der Waals surface area (Å²) in [6.45, 7) is 6.72. The summed E-state index contributed by atoms with van der Waals surface area (Å²) < 4.78 is 10.6. The second-order valence-electron chi connectivity index (χ2n) is 6.71. The normalized spacial score (nSPS) is 18.1. The zero-order chi connectivity index (χ0) is 18.1. The summed E-state index contributed by atoms with van der Waals surface area (Å²) in [6, 6.07) is 5.53. The molecule has 2 rings (SSSR count). The fourth-order valence-corrected chi connectivity index (χ4v) is 3.23. The molecule has 0 aromatic heterocycles. The molecular weight excluding hydrogens is 443 g/mol. The molecule has 6 nitrogen and oxygen atoms in total. The predicted molar refractivity (Wildman–Crippen MR) is 119 cm³/mol. The summed E-state index contributed by atoms with van der Waals surface area (Å²) in [5.41, 5.74) is 6.75. The van der Waals surface area contributed by atoms with Crippen molar-refractivity contribution in [3.05, 3.63) is 18.2 Å². The summed E-state index contributed by atoms with van der Waals surface area (Å²) in [5.74, 6) is 2.69. The van der Waals surface area contributed by atoms with Gasteiger partial charge in [0, 0.05) is 19.2 Å². The van der Waals surface area contributed by atoms with Crippen LogP contribution in [0.15, 0.2) is 23.2 Å². The standard InChI is InChI=1S/C19H32N4O2.HI/c1-15-7-6-12-23(14-15)11-5-4-10-21-19(20)22-17-13-16(24-2)8-9-18(17)25-3;/h8-9,13,15H,4-7,10-12,14H2,1-3H3,(H3,20,21,22);1H. The summed E-state index contributed by atoms with van der Waals surface area (Å²) in [5, 5.41) is 3.09. The number of unbranched alkanes of at least 4 members (excludes halogenated alkanes) is 1. The van der Waals surface area contributed by atoms with Gasteiger partial charge in [-0.2, -0.15) is 0 Å². The van der Waals surface area contributed by atoms with Crippen LogP contribution in [0, 0.1) is 5.92 Å². The minimum absolute atomic E-state index is 0. The number of nitrogens with zero attached hydrogens (tertiary/aromatic N) is 2. The van der Waals surface area contributed by atoms with E-state index in [0.29, 0.717) is 11.7 Å². The molecule has 1 aromatic carbocycles. The van der Waals surface area contributed by atoms with Gasteiger partial charge in [0.2, 0.25) is 0 Å². The molecule has 3 N–H and O–H groups in total. The number of hydrogen-bond acceptors (Lipinski definition) is 4. The predicted octanol–water partition coefficient (Wildman–Crippen LogP) is 3.56. The maximum absolute atomic E-state index is 6.00. The topological polar surface area (TPSA) is 72.1 Å². The van der Waals surface area contributed by atoms with Crippen molar-refractivity contribution in [2.24, 2.45) is 16.6 Å². The Bertz CT molecular complexity index is 568. The Morgan fingerprint density at radius 2 is 2.12 bits per heavy atom. The number of anilines is 1. The average molecular weight is 476 g/mol. The van der Waals surface area contributed by atoms with Gasteiger partial charge in [-0.25, -0.2) is 0 Å². The molecule has 1 fully saturated rings. The Morgan fingerprint density at radius 3 is 2.81 bits per heavy atom. The fraction of sp³-hybridized carbons (Fsp3) is 0.632. The Kier molecular flexibility index (Phi) is 10.7. The Hall–Kier alpha value is -1.22. The van der Waals surface area contributed by atoms with Gasteiger partial charge >= 0.3 is 0 Å². The smallest absolute Gasteiger partial charge is 0.193 e. The largest absolute Gasteiger partial charge is 0.497 e. The van der Waals surface area contributed by atoms with Gasteiger partial charge in [0.15, 0.2) is 5.96 Å². The van der Waals surface area contributed by atoms with E-state index >= 15 is 0 Å². The van der Waals surface area contributed by atoms with Gasteiger partial charge < -0.3 is 25.4 Å². The van der Waals surface area contributed by atoms with Crippen LogP contribution in [0.4, 0.5) is 5.69 Å². The highest BCUT2D eigenvalue weighted by molar-refractivity contribution is 14.0. The molecule has 0 spiro atoms. The second-order valence-corrected chi connectivity index (χ2v) is 6.71. The van der Waals surface area contributed by atoms with Crippen molar-refractivity contribution in [3.63, 3.8) is 0 Å². The van der Waals surface area contributed by atoms with Crippen LogP contribution in [-0.2, 0) is 0 Å². The first-order valence-corrected chi connectivity index (χ1v) is 9.13. The maximum atomic E-state index is 6.00. The molecule has 1 unspecified atom stereocenters. The van der Waals surface area contributed by atoms with Crippen LogP contribution in [0.25, 0.3) is 0 Å². The van der Waals surface area contributed by atoms with E-state index < -0.39 is 0 Å². The Balaban J connectivity index is 0.00000338. The van der Waals surface area contributed by atoms with E-state index in [1.54, 1.807) is 14.2 Å². The molecule has 26 heavy (non-hydrogen) atoms. The fourth-order valence-electron chi connectivity index (χ4n) is 3.23. The third-order valence-electron chi connectivity index (χ3n) is 4.58. The number of rotatable bonds is 8. The van der Waals surface area contributed by atoms with Crippen molar-refractivity contribution in [2.45, 2.75) is 32.6 Å². The summed E-state index contributed by atoms with van der Waals surface area (Å²) in [7, 11) is 3.26. The van der Waals surface area contributed by atoms with Crippen molar-refractivity contribution in [1.82, 2.24) is 4.90 Å². The first-order valence-electron chi connectivity index (χ1n) is 9.13. The lowest BCUT2D eigenvalue weighted by molar-refractivity contribution is 0.181. The number of guanidine groups is 1. The summed E-state index contributed by atoms with van der Waals surface area (Å²) >= 11 is 0. The van der Waals surface area contributed by atoms with Gasteiger partial charge in [-0.05, 0) is 56.8 Å². The number of ether oxygens (including phenoxy) is 2. The lowest BCUT2D eigenvalue weighted by atomic mass is 10.0. The van der Waals surface area contributed by atoms with Crippen LogP contribution >= 0.6 is 24.0 Å². The second kappa shape index (κ2) is 12.2. The van der Waals surface area contributed by atoms with E-state index in [0.717, 1.165) is 43.3 Å². The summed E-state index contributed by atoms with van der Waals surface area (Å²) in [4.78, 5) is 6.99. The first-order chi connectivity index (χ1) is 12.1. The van der Waals surface area contributed by atoms with Crippen LogP contribution < -0.4 is 20.5 Å². The van der Waals surface area contributed by atoms with Crippen LogP contribution in [0.5, 0.6) is 11.5 Å². The molecule has 0 bridgehead atoms. The van der Waals surface area contributed by atoms with Gasteiger partial charge in [0.25, 0.3) is 0 Å². The Morgan fingerprint density at radius 1 is 1.31 bits per heavy atom. The number of aliphatic imine (C=N–C) groups is 1. The monoisotopic (exact) mass is 476 g/mol. The average Bonchev–Trinajstić information content (AvgIpc) is 2.61. The zero-order valence-electron chi connectivity index (χ0n) is 16.2. The van der Waals surface area contributed by atoms with Gasteiger partial charge in [0.1, 0.15) is 11.5 Å². The molecular formula is C19H33IN4O2. The highest BCUT2D eigenvalue weighted by Crippen LogP contribution is 2.28. The molecule has 7 heteroatoms. The number of piperidine rings is 1. The van der Waals surface area contributed by atoms with Crippen molar-refractivity contribution in [2.75, 3.05) is 45.7 Å². The third-order valence-corrected chi connectivity index (χ3v) is 4.58. The van der Waals surface area contributed by atoms with Gasteiger partial charge in [0.05, 0.1) is 19.9 Å². The van der Waals surface area contributed by atoms with Gasteiger partial charge in [-0.3, -0.25) is 4.99 Å². The molecule has 1 aromatic rings. The van der Waals surface area contributed by atoms with E-state index in [9.17, 15) is 0 Å². The maximum Gasteiger partial charge on any atom is 0.193 e. The molecule has 0 saturated carbocycles. The van der Waals surface area contributed by atoms with Crippen LogP contribution in [0.3, 0.4) is 0 Å². The molecule has 1 aliphatic heterocycles. The van der Waals surface area contributed by atoms with Gasteiger partial charge in [-0.1, -0.05) is 6.92 Å². The molecule has 0 radical (unpaired) electrons. The lowest BCUT2D eigenvalue weighted by Crippen LogP contribution is -2.35. The van der Waals surface area contributed by atoms with E-state index in [1.807, 2.05) is 18.2 Å². The minimum atomic E-state index is 0. The zero-order valence-corrected chi connectivity index (χ0v) is 18.5. The van der Waals surface area contributed by atoms with Crippen LogP contribution in [0.2, 0.25) is 0 Å². The van der Waals surface area contributed by atoms with Crippen molar-refractivity contribution >= 4 is 35.6 Å². The molecule has 1 heterocycles. The molecule has 148 valence electrons. The number of methoxy groups -OCH3 is 2. The van der Waals surface area contributed by atoms with Crippen molar-refractivity contribution in [3.8, 4) is 11.5 Å². The minimum Gasteiger partial charge on any atom is -0.497 e. The van der Waals surface area contributed by atoms with E-state index in [4.69, 9.17) is 15.2 Å². The van der Waals surface area contributed by atoms with Crippen LogP contribution in [-0.4, -0.2) is 51.3 Å². The molecule has 0 aliphatic carbocycles. The number of nitrogens with one attached hydrogen (secondary N) is 1. The molecule has 1 aliphatic rings. The molecule has 1 saturated heterocycles. The highest BCUT2D eigenvalue weighted by Gasteiger charge is 2.15. The van der Waals surface area contributed by atoms with Crippen LogP contribution in [0.1, 0.15) is 32.6 Å². The summed E-state index contributed by atoms with van der Waals surface area (Å²) in [6.07, 6.45) is 4.91. The number of nitrogens with two attached hydrogens (primary N) is 1. The number of benzene rings is 1. The van der Waals surface area contributed by atoms with E-state index in [2.05, 4.69) is 22.1 Å². The Labute approximate surface area is 174 Å². The van der Waals surface area contributed by atoms with E-state index in [-0.39, 0.29) is 24.0 Å². The number of halogens is 1. The number of hydrogen-bond donors (Lipinski definition) is 2. The highest BCUT2D eigenvalue weighted by atomic mass is 127. The van der Waals surface area contributed by atoms with E-state index in [1.165, 1.54) is 25.9 Å². The lowest BCUT2D eigenvalue weighted by Gasteiger charge is -2.30. The number of likely N-dealkylation sites (tertiary alicyclic amines) is 1. The van der Waals surface area contributed by atoms with Crippen molar-refractivity contribution in [1.29, 1.82) is 0 Å². The molecule has 0 amide bonds. The SMILES string of the molecule is COc1ccc(OC)c(NC(N)=NCCCCN2CCCC(C)C2)c1.I. The quantitative estimate of drug-likeness (QED) is 0.260. The first kappa shape index (κ1) is 22.8. The van der Waals surface area contributed by atoms with Crippen molar-refractivity contribution < 1.29 is 9.47 Å². The molecule has 1 atom stereocenters. The van der Waals surface area contributed by atoms with Gasteiger partial charge in [-0.15, -0.1) is 24.0 Å². The third kappa shape index (κ3) is 7.57.